The van der Waals surface area contributed by atoms with E-state index in [2.05, 4.69) is 15.5 Å². The lowest BCUT2D eigenvalue weighted by Crippen LogP contribution is -2.47. The van der Waals surface area contributed by atoms with Gasteiger partial charge < -0.3 is 20.7 Å². The molecule has 0 unspecified atom stereocenters. The Morgan fingerprint density at radius 3 is 2.81 bits per heavy atom. The highest BCUT2D eigenvalue weighted by Gasteiger charge is 2.30. The van der Waals surface area contributed by atoms with Gasteiger partial charge in [-0.15, -0.1) is 10.2 Å². The number of nitrogens with two attached hydrogens (primary N) is 1. The summed E-state index contributed by atoms with van der Waals surface area (Å²) in [6, 6.07) is 0.420. The minimum absolute atomic E-state index is 0.169. The molecule has 2 fully saturated rings. The van der Waals surface area contributed by atoms with Crippen LogP contribution in [0.4, 0.5) is 5.13 Å². The Hall–Kier alpha value is -1.25. The number of carbonyl (C=O) groups excluding carboxylic acids is 1. The molecule has 7 nitrogen and oxygen atoms in total. The smallest absolute Gasteiger partial charge is 0.251 e. The maximum absolute atomic E-state index is 12.2. The van der Waals surface area contributed by atoms with Crippen molar-refractivity contribution in [1.29, 1.82) is 0 Å². The van der Waals surface area contributed by atoms with Crippen LogP contribution in [0.15, 0.2) is 0 Å². The van der Waals surface area contributed by atoms with Crippen LogP contribution in [0.25, 0.3) is 0 Å². The third-order valence-corrected chi connectivity index (χ3v) is 4.79. The lowest BCUT2D eigenvalue weighted by atomic mass is 10.0. The SMILES string of the molecule is Nc1nnc(CNC2CCN(C(=O)[C@H]3CCCO3)CC2)s1. The van der Waals surface area contributed by atoms with Gasteiger partial charge in [0.25, 0.3) is 5.91 Å². The zero-order chi connectivity index (χ0) is 14.7. The van der Waals surface area contributed by atoms with Crippen molar-refractivity contribution in [3.05, 3.63) is 5.01 Å². The number of amides is 1. The molecule has 0 aliphatic carbocycles. The zero-order valence-corrected chi connectivity index (χ0v) is 12.8. The molecule has 3 N–H and O–H groups in total. The van der Waals surface area contributed by atoms with Gasteiger partial charge in [0.05, 0.1) is 6.54 Å². The van der Waals surface area contributed by atoms with Crippen LogP contribution in [0.1, 0.15) is 30.7 Å². The van der Waals surface area contributed by atoms with Crippen molar-refractivity contribution in [3.63, 3.8) is 0 Å². The number of nitrogens with zero attached hydrogens (tertiary/aromatic N) is 3. The summed E-state index contributed by atoms with van der Waals surface area (Å²) >= 11 is 1.41. The molecule has 21 heavy (non-hydrogen) atoms. The van der Waals surface area contributed by atoms with Gasteiger partial charge in [0.15, 0.2) is 0 Å². The van der Waals surface area contributed by atoms with E-state index in [9.17, 15) is 4.79 Å². The third-order valence-electron chi connectivity index (χ3n) is 4.04. The van der Waals surface area contributed by atoms with Gasteiger partial charge in [0, 0.05) is 25.7 Å². The zero-order valence-electron chi connectivity index (χ0n) is 12.0. The second-order valence-electron chi connectivity index (χ2n) is 5.52. The van der Waals surface area contributed by atoms with E-state index in [4.69, 9.17) is 10.5 Å². The van der Waals surface area contributed by atoms with Gasteiger partial charge >= 0.3 is 0 Å². The van der Waals surface area contributed by atoms with Gasteiger partial charge in [0.1, 0.15) is 11.1 Å². The van der Waals surface area contributed by atoms with Crippen molar-refractivity contribution in [3.8, 4) is 0 Å². The molecule has 2 saturated heterocycles. The molecule has 0 radical (unpaired) electrons. The van der Waals surface area contributed by atoms with Crippen LogP contribution < -0.4 is 11.1 Å². The number of nitrogen functional groups attached to an aromatic ring is 1. The molecule has 0 aromatic carbocycles. The molecule has 2 aliphatic rings. The van der Waals surface area contributed by atoms with E-state index in [-0.39, 0.29) is 12.0 Å². The van der Waals surface area contributed by atoms with Crippen LogP contribution in [0.5, 0.6) is 0 Å². The van der Waals surface area contributed by atoms with Crippen molar-refractivity contribution in [1.82, 2.24) is 20.4 Å². The largest absolute Gasteiger partial charge is 0.374 e. The number of ether oxygens (including phenoxy) is 1. The maximum atomic E-state index is 12.2. The summed E-state index contributed by atoms with van der Waals surface area (Å²) in [5.41, 5.74) is 5.56. The molecular weight excluding hydrogens is 290 g/mol. The molecule has 3 heterocycles. The van der Waals surface area contributed by atoms with Crippen LogP contribution in [0.2, 0.25) is 0 Å². The average molecular weight is 311 g/mol. The quantitative estimate of drug-likeness (QED) is 0.835. The summed E-state index contributed by atoms with van der Waals surface area (Å²) in [5.74, 6) is 0.169. The van der Waals surface area contributed by atoms with Crippen LogP contribution in [0.3, 0.4) is 0 Å². The van der Waals surface area contributed by atoms with Gasteiger partial charge in [-0.2, -0.15) is 0 Å². The first-order valence-corrected chi connectivity index (χ1v) is 8.25. The van der Waals surface area contributed by atoms with Crippen LogP contribution in [-0.2, 0) is 16.1 Å². The number of likely N-dealkylation sites (tertiary alicyclic amines) is 1. The molecule has 0 spiro atoms. The molecular formula is C13H21N5O2S. The molecule has 1 amide bonds. The summed E-state index contributed by atoms with van der Waals surface area (Å²) in [6.45, 7) is 3.02. The van der Waals surface area contributed by atoms with E-state index in [1.807, 2.05) is 4.90 Å². The van der Waals surface area contributed by atoms with E-state index >= 15 is 0 Å². The number of rotatable bonds is 4. The Kier molecular flexibility index (Phi) is 4.67. The summed E-state index contributed by atoms with van der Waals surface area (Å²) in [7, 11) is 0. The minimum atomic E-state index is -0.195. The highest BCUT2D eigenvalue weighted by Crippen LogP contribution is 2.19. The number of carbonyl (C=O) groups is 1. The molecule has 1 atom stereocenters. The lowest BCUT2D eigenvalue weighted by molar-refractivity contribution is -0.142. The number of hydrogen-bond acceptors (Lipinski definition) is 7. The number of hydrogen-bond donors (Lipinski definition) is 2. The van der Waals surface area contributed by atoms with Crippen molar-refractivity contribution < 1.29 is 9.53 Å². The van der Waals surface area contributed by atoms with Crippen LogP contribution in [-0.4, -0.2) is 52.8 Å². The highest BCUT2D eigenvalue weighted by atomic mass is 32.1. The summed E-state index contributed by atoms with van der Waals surface area (Å²) in [6.07, 6.45) is 3.60. The first-order valence-electron chi connectivity index (χ1n) is 7.44. The standard InChI is InChI=1S/C13H21N5O2S/c14-13-17-16-11(21-13)8-15-9-3-5-18(6-4-9)12(19)10-2-1-7-20-10/h9-10,15H,1-8H2,(H2,14,17)/t10-/m1/s1. The predicted octanol–water partition coefficient (Wildman–Crippen LogP) is 0.380. The number of piperidine rings is 1. The maximum Gasteiger partial charge on any atom is 0.251 e. The average Bonchev–Trinajstić information content (AvgIpc) is 3.16. The van der Waals surface area contributed by atoms with Gasteiger partial charge in [-0.05, 0) is 25.7 Å². The third kappa shape index (κ3) is 3.69. The molecule has 1 aromatic rings. The monoisotopic (exact) mass is 311 g/mol. The fourth-order valence-electron chi connectivity index (χ4n) is 2.85. The van der Waals surface area contributed by atoms with Gasteiger partial charge in [-0.1, -0.05) is 11.3 Å². The lowest BCUT2D eigenvalue weighted by Gasteiger charge is -2.33. The molecule has 116 valence electrons. The fourth-order valence-corrected chi connectivity index (χ4v) is 3.41. The highest BCUT2D eigenvalue weighted by molar-refractivity contribution is 7.15. The second kappa shape index (κ2) is 6.67. The summed E-state index contributed by atoms with van der Waals surface area (Å²) < 4.78 is 5.47. The number of nitrogens with one attached hydrogen (secondary N) is 1. The number of aromatic nitrogens is 2. The Labute approximate surface area is 127 Å². The summed E-state index contributed by atoms with van der Waals surface area (Å²) in [4.78, 5) is 14.2. The van der Waals surface area contributed by atoms with Gasteiger partial charge in [-0.25, -0.2) is 0 Å². The fraction of sp³-hybridized carbons (Fsp3) is 0.769. The Morgan fingerprint density at radius 2 is 2.19 bits per heavy atom. The summed E-state index contributed by atoms with van der Waals surface area (Å²) in [5, 5.41) is 12.7. The van der Waals surface area contributed by atoms with E-state index in [1.54, 1.807) is 0 Å². The van der Waals surface area contributed by atoms with Crippen molar-refractivity contribution in [2.75, 3.05) is 25.4 Å². The van der Waals surface area contributed by atoms with E-state index < -0.39 is 0 Å². The Balaban J connectivity index is 1.41. The predicted molar refractivity (Wildman–Crippen MR) is 79.7 cm³/mol. The Bertz CT molecular complexity index is 481. The van der Waals surface area contributed by atoms with Crippen LogP contribution >= 0.6 is 11.3 Å². The molecule has 0 saturated carbocycles. The molecule has 8 heteroatoms. The van der Waals surface area contributed by atoms with Crippen molar-refractivity contribution >= 4 is 22.4 Å². The topological polar surface area (TPSA) is 93.4 Å². The molecule has 3 rings (SSSR count). The van der Waals surface area contributed by atoms with Crippen molar-refractivity contribution in [2.45, 2.75) is 44.4 Å². The molecule has 1 aromatic heterocycles. The minimum Gasteiger partial charge on any atom is -0.374 e. The van der Waals surface area contributed by atoms with E-state index in [1.165, 1.54) is 11.3 Å². The number of anilines is 1. The molecule has 0 bridgehead atoms. The first kappa shape index (κ1) is 14.7. The van der Waals surface area contributed by atoms with Crippen LogP contribution in [0, 0.1) is 0 Å². The van der Waals surface area contributed by atoms with Gasteiger partial charge in [-0.3, -0.25) is 4.79 Å². The van der Waals surface area contributed by atoms with Gasteiger partial charge in [0.2, 0.25) is 5.13 Å². The first-order chi connectivity index (χ1) is 10.2. The van der Waals surface area contributed by atoms with E-state index in [0.29, 0.717) is 17.7 Å². The Morgan fingerprint density at radius 1 is 1.38 bits per heavy atom. The molecule has 2 aliphatic heterocycles. The van der Waals surface area contributed by atoms with E-state index in [0.717, 1.165) is 50.4 Å². The van der Waals surface area contributed by atoms with Crippen molar-refractivity contribution in [2.24, 2.45) is 0 Å². The normalized spacial score (nSPS) is 23.6. The second-order valence-corrected chi connectivity index (χ2v) is 6.61.